The lowest BCUT2D eigenvalue weighted by Crippen LogP contribution is -2.57. The van der Waals surface area contributed by atoms with E-state index in [0.717, 1.165) is 5.56 Å². The Balaban J connectivity index is 0. The molecule has 62 heteroatoms. The van der Waals surface area contributed by atoms with Crippen LogP contribution in [0.4, 0.5) is 0 Å². The number of azide groups is 3. The number of carboxylic acids is 5. The van der Waals surface area contributed by atoms with E-state index in [-0.39, 0.29) is 185 Å². The molecule has 2 saturated carbocycles. The summed E-state index contributed by atoms with van der Waals surface area (Å²) in [5.74, 6) is -7.26. The van der Waals surface area contributed by atoms with Crippen LogP contribution in [0.3, 0.4) is 0 Å². The molecule has 0 aliphatic heterocycles. The third-order valence-corrected chi connectivity index (χ3v) is 22.2. The van der Waals surface area contributed by atoms with Crippen LogP contribution in [0.15, 0.2) is 39.6 Å². The van der Waals surface area contributed by atoms with Gasteiger partial charge in [0.1, 0.15) is 33.4 Å². The number of esters is 1. The number of nitrogens with one attached hydrogen (secondary N) is 5. The predicted molar refractivity (Wildman–Crippen MR) is 483 cm³/mol. The summed E-state index contributed by atoms with van der Waals surface area (Å²) in [7, 11) is -15.5. The minimum Gasteiger partial charge on any atom is -0.480 e. The highest BCUT2D eigenvalue weighted by Gasteiger charge is 2.51. The second kappa shape index (κ2) is 72.5. The molecule has 34 N–H and O–H groups in total. The van der Waals surface area contributed by atoms with E-state index in [1.54, 1.807) is 16.9 Å². The van der Waals surface area contributed by atoms with Gasteiger partial charge in [-0.25, -0.2) is 14.6 Å². The predicted octanol–water partition coefficient (Wildman–Crippen LogP) is -4.52. The number of nitrogens with two attached hydrogens (primary N) is 7. The van der Waals surface area contributed by atoms with Crippen molar-refractivity contribution in [2.45, 2.75) is 201 Å². The molecule has 0 radical (unpaired) electrons. The van der Waals surface area contributed by atoms with Gasteiger partial charge in [0.2, 0.25) is 11.8 Å². The Morgan fingerprint density at radius 3 is 1.21 bits per heavy atom. The molecule has 3 unspecified atom stereocenters. The average Bonchev–Trinajstić information content (AvgIpc) is 1.65. The second-order valence-corrected chi connectivity index (χ2v) is 34.4. The first-order valence-corrected chi connectivity index (χ1v) is 46.0. The van der Waals surface area contributed by atoms with Gasteiger partial charge in [0.15, 0.2) is 0 Å². The number of aliphatic carboxylic acids is 5. The number of carboxylic acid groups (broad SMARTS) is 5. The van der Waals surface area contributed by atoms with Crippen molar-refractivity contribution in [1.82, 2.24) is 24.8 Å². The maximum Gasteiger partial charge on any atom is 0.451 e. The zero-order valence-electron chi connectivity index (χ0n) is 74.8. The van der Waals surface area contributed by atoms with Crippen molar-refractivity contribution in [3.05, 3.63) is 61.2 Å². The van der Waals surface area contributed by atoms with Crippen molar-refractivity contribution in [3.63, 3.8) is 0 Å². The summed E-state index contributed by atoms with van der Waals surface area (Å²) in [6, 6.07) is 7.14. The van der Waals surface area contributed by atoms with Crippen molar-refractivity contribution < 1.29 is 164 Å². The van der Waals surface area contributed by atoms with Gasteiger partial charge in [0, 0.05) is 60.4 Å². The van der Waals surface area contributed by atoms with E-state index in [1.807, 2.05) is 21.6 Å². The summed E-state index contributed by atoms with van der Waals surface area (Å²) in [6.07, 6.45) is 8.07. The molecule has 758 valence electrons. The van der Waals surface area contributed by atoms with E-state index in [0.29, 0.717) is 149 Å². The van der Waals surface area contributed by atoms with Gasteiger partial charge in [0.05, 0.1) is 92.1 Å². The molecule has 0 aromatic heterocycles. The number of hydrogen-bond acceptors (Lipinski definition) is 39. The molecule has 0 heterocycles. The normalized spacial score (nSPS) is 17.9. The highest BCUT2D eigenvalue weighted by molar-refractivity contribution is 7.88. The molecule has 3 rings (SSSR count). The Morgan fingerprint density at radius 2 is 0.835 bits per heavy atom. The molecule has 0 bridgehead atoms. The van der Waals surface area contributed by atoms with E-state index < -0.39 is 139 Å². The molecular formula is C71H138B5N21O34S2. The lowest BCUT2D eigenvalue weighted by molar-refractivity contribution is -0.145. The van der Waals surface area contributed by atoms with Gasteiger partial charge < -0.3 is 154 Å². The van der Waals surface area contributed by atoms with Crippen molar-refractivity contribution in [1.29, 1.82) is 0 Å². The topological polar surface area (TPSA) is 961 Å². The highest BCUT2D eigenvalue weighted by atomic mass is 32.2. The van der Waals surface area contributed by atoms with Crippen LogP contribution in [0.25, 0.3) is 31.3 Å². The summed E-state index contributed by atoms with van der Waals surface area (Å²) in [5.41, 5.74) is 52.7. The van der Waals surface area contributed by atoms with Crippen LogP contribution in [0.5, 0.6) is 5.75 Å². The summed E-state index contributed by atoms with van der Waals surface area (Å²) in [6.45, 7) is 4.27. The van der Waals surface area contributed by atoms with E-state index in [9.17, 15) is 75.6 Å². The van der Waals surface area contributed by atoms with Crippen LogP contribution >= 0.6 is 0 Å². The molecule has 2 fully saturated rings. The van der Waals surface area contributed by atoms with Gasteiger partial charge in [-0.15, -0.1) is 0 Å². The molecule has 1 aromatic carbocycles. The maximum atomic E-state index is 12.0. The fraction of sp³-hybridized carbons (Fsp3) is 0.803. The fourth-order valence-electron chi connectivity index (χ4n) is 13.1. The zero-order valence-corrected chi connectivity index (χ0v) is 76.4. The minimum absolute atomic E-state index is 0.0163. The molecular weight excluding hydrogens is 1810 g/mol. The van der Waals surface area contributed by atoms with Crippen molar-refractivity contribution in [2.24, 2.45) is 78.6 Å². The lowest BCUT2D eigenvalue weighted by atomic mass is 9.78. The number of rotatable bonds is 72. The number of hydrogen-bond donors (Lipinski definition) is 27. The third-order valence-electron chi connectivity index (χ3n) is 20.6. The molecule has 1 aromatic rings. The van der Waals surface area contributed by atoms with Crippen molar-refractivity contribution in [2.75, 3.05) is 138 Å². The Morgan fingerprint density at radius 1 is 0.474 bits per heavy atom. The number of benzene rings is 1. The molecule has 0 saturated heterocycles. The molecule has 133 heavy (non-hydrogen) atoms. The summed E-state index contributed by atoms with van der Waals surface area (Å²) in [4.78, 5) is 100. The molecule has 2 aliphatic rings. The Labute approximate surface area is 773 Å². The molecule has 0 spiro atoms. The Bertz CT molecular complexity index is 3870. The molecule has 55 nitrogen and oxygen atoms in total. The van der Waals surface area contributed by atoms with Gasteiger partial charge in [-0.05, 0) is 180 Å². The first-order valence-electron chi connectivity index (χ1n) is 43.0. The van der Waals surface area contributed by atoms with Crippen LogP contribution in [0.1, 0.15) is 140 Å². The monoisotopic (exact) mass is 1950 g/mol. The van der Waals surface area contributed by atoms with E-state index in [4.69, 9.17) is 140 Å². The highest BCUT2D eigenvalue weighted by Crippen LogP contribution is 2.42. The van der Waals surface area contributed by atoms with E-state index in [1.165, 1.54) is 0 Å². The van der Waals surface area contributed by atoms with Crippen LogP contribution in [0, 0.1) is 23.7 Å². The van der Waals surface area contributed by atoms with Crippen LogP contribution in [0.2, 0.25) is 31.6 Å². The Hall–Kier alpha value is -7.91. The molecule has 9 atom stereocenters. The Kier molecular flexibility index (Phi) is 69.3. The summed E-state index contributed by atoms with van der Waals surface area (Å²) < 4.78 is 87.1. The fourth-order valence-corrected chi connectivity index (χ4v) is 14.5. The van der Waals surface area contributed by atoms with Crippen LogP contribution in [-0.4, -0.2) is 342 Å². The third kappa shape index (κ3) is 63.9. The summed E-state index contributed by atoms with van der Waals surface area (Å²) >= 11 is 0. The van der Waals surface area contributed by atoms with E-state index in [2.05, 4.69) is 45.9 Å². The smallest absolute Gasteiger partial charge is 0.451 e. The van der Waals surface area contributed by atoms with Crippen molar-refractivity contribution >= 4 is 104 Å². The quantitative estimate of drug-likeness (QED) is 0.00556. The molecule has 2 amide bonds. The average molecular weight is 1950 g/mol. The van der Waals surface area contributed by atoms with Crippen LogP contribution in [-0.2, 0) is 93.6 Å². The first kappa shape index (κ1) is 127. The van der Waals surface area contributed by atoms with Gasteiger partial charge in [-0.1, -0.05) is 78.8 Å². The minimum atomic E-state index is -4.34. The second-order valence-electron chi connectivity index (χ2n) is 31.5. The van der Waals surface area contributed by atoms with Gasteiger partial charge in [0.25, 0.3) is 10.2 Å². The van der Waals surface area contributed by atoms with E-state index >= 15 is 0 Å². The standard InChI is InChI=1S/C23H38BN5O8.C17H32BN5O7.C14H29BN6O9S.C10H21BN2O4.C7H18BN3O6S/c25-23(22(31)32,9-1-2-11-24(33)34)10-13-27-12-7-19-3-5-20(6-4-19)37-21(30)8-15-35-17-18-36-16-14-28-29-26;19-17(16(25)26)11-13(10-14(17)2-1-4-18(27)28)12-21-15(24)3-6-29-8-9-30-7-5-22-23-20;16-14(13(23)24,4-1-2-5-15(25)26)11-19-31(27,28)20-12(22)3-7-29-9-10-30-8-6-18-21-17;12-6-7-4-8(2-1-3-11(16)17)10(13,5-7)9(14)15;9-7(6(12)13,5-11-18(10,16)17)3-1-2-4-8(14)15/h3-6,27,33-34H,1-2,7-18,25H2,(H,31,32);13-14,27-28H,1-12,19H2,(H,21,24)(H,25,26);19,25-26H,1-11,16H2,(H,20,22)(H,23,24);7-8,16-17H,1-6,12-13H2,(H,14,15);11,14-15H,1-5,9H2,(H,12,13)(H2,10,16,17)/t;13-,14+,17+;;7-,8+,10+;/m.1.1./s1. The number of carbonyl (C=O) groups excluding carboxylic acids is 3. The first-order chi connectivity index (χ1) is 62.5. The van der Waals surface area contributed by atoms with Gasteiger partial charge in [-0.3, -0.25) is 38.4 Å². The SMILES string of the molecule is NC(CCCCB(O)O)(CNS(N)(=O)=O)C(=O)O.NC[C@@H]1C[C@H](CCCB(O)O)[C@](N)(C(=O)O)C1.[N-]=[N+]=NCCOCCOCCC(=O)NC[C@@H]1C[C@H](CCCB(O)O)[C@](N)(C(=O)O)C1.[N-]=[N+]=NCCOCCOCCC(=O)NS(=O)(=O)NCC(N)(CCCCB(O)O)C(=O)O.[N-]=[N+]=NCCOCCOCCC(=O)Oc1ccc(CCNCCC(N)(CCCCB(O)O)C(=O)O)cc1. The lowest BCUT2D eigenvalue weighted by Gasteiger charge is -2.26. The molecule has 2 aliphatic carbocycles. The number of amides is 2. The number of nitrogens with zero attached hydrogens (tertiary/aromatic N) is 9. The number of ether oxygens (including phenoxy) is 7. The zero-order chi connectivity index (χ0) is 101. The summed E-state index contributed by atoms with van der Waals surface area (Å²) in [5, 5.41) is 155. The van der Waals surface area contributed by atoms with Gasteiger partial charge >= 0.3 is 81.6 Å². The maximum absolute atomic E-state index is 12.0. The van der Waals surface area contributed by atoms with Crippen molar-refractivity contribution in [3.8, 4) is 5.75 Å². The van der Waals surface area contributed by atoms with Gasteiger partial charge in [-0.2, -0.15) is 21.6 Å². The number of carbonyl (C=O) groups is 8. The number of unbranched alkanes of at least 4 members (excludes halogenated alkanes) is 3. The van der Waals surface area contributed by atoms with Crippen LogP contribution < -0.4 is 69.1 Å². The largest absolute Gasteiger partial charge is 0.480 e.